The van der Waals surface area contributed by atoms with Crippen LogP contribution < -0.4 is 0 Å². The molecule has 0 atom stereocenters. The first-order chi connectivity index (χ1) is 4.21. The van der Waals surface area contributed by atoms with E-state index in [-0.39, 0.29) is 0 Å². The van der Waals surface area contributed by atoms with Crippen molar-refractivity contribution in [2.24, 2.45) is 0 Å². The van der Waals surface area contributed by atoms with Crippen molar-refractivity contribution < 1.29 is 0 Å². The molecule has 0 saturated heterocycles. The molecule has 2 aliphatic carbocycles. The first kappa shape index (κ1) is 6.86. The second-order valence-corrected chi connectivity index (χ2v) is 17.3. The van der Waals surface area contributed by atoms with Crippen LogP contribution in [0.2, 0.25) is 11.1 Å². The summed E-state index contributed by atoms with van der Waals surface area (Å²) >= 11 is 7.78. The molecule has 0 aromatic heterocycles. The van der Waals surface area contributed by atoms with E-state index in [9.17, 15) is 0 Å². The van der Waals surface area contributed by atoms with E-state index in [1.54, 1.807) is 0 Å². The number of hydrogen-bond acceptors (Lipinski definition) is 0. The zero-order valence-corrected chi connectivity index (χ0v) is 9.41. The van der Waals surface area contributed by atoms with Crippen molar-refractivity contribution in [3.05, 3.63) is 0 Å². The standard InChI is InChI=1S/C6H10Br2Si/c7-9(8,5-1-2-5)6-3-4-6/h5-6H,1-4H2. The third-order valence-electron chi connectivity index (χ3n) is 2.24. The Morgan fingerprint density at radius 3 is 1.44 bits per heavy atom. The summed E-state index contributed by atoms with van der Waals surface area (Å²) in [4.78, 5) is 0. The van der Waals surface area contributed by atoms with Crippen LogP contribution in [0.25, 0.3) is 0 Å². The van der Waals surface area contributed by atoms with Crippen LogP contribution in [0.3, 0.4) is 0 Å². The zero-order valence-electron chi connectivity index (χ0n) is 5.24. The Morgan fingerprint density at radius 2 is 1.22 bits per heavy atom. The minimum absolute atomic E-state index is 1.01. The van der Waals surface area contributed by atoms with E-state index in [0.29, 0.717) is 0 Å². The first-order valence-corrected chi connectivity index (χ1v) is 10.3. The molecule has 0 nitrogen and oxygen atoms in total. The maximum absolute atomic E-state index is 3.89. The third-order valence-corrected chi connectivity index (χ3v) is 13.3. The predicted octanol–water partition coefficient (Wildman–Crippen LogP) is 3.55. The summed E-state index contributed by atoms with van der Waals surface area (Å²) in [6.07, 6.45) is 5.94. The van der Waals surface area contributed by atoms with Gasteiger partial charge in [0.2, 0.25) is 5.31 Å². The van der Waals surface area contributed by atoms with Gasteiger partial charge in [0.15, 0.2) is 0 Å². The maximum atomic E-state index is 3.89. The Hall–Kier alpha value is 1.18. The van der Waals surface area contributed by atoms with Crippen LogP contribution in [0.5, 0.6) is 0 Å². The van der Waals surface area contributed by atoms with Gasteiger partial charge in [0.25, 0.3) is 0 Å². The zero-order chi connectivity index (χ0) is 6.48. The van der Waals surface area contributed by atoms with Crippen molar-refractivity contribution in [2.75, 3.05) is 0 Å². The molecule has 2 saturated carbocycles. The lowest BCUT2D eigenvalue weighted by atomic mass is 10.9. The van der Waals surface area contributed by atoms with E-state index < -0.39 is 5.31 Å². The highest BCUT2D eigenvalue weighted by atomic mass is 79.9. The highest BCUT2D eigenvalue weighted by Crippen LogP contribution is 2.63. The Labute approximate surface area is 72.6 Å². The predicted molar refractivity (Wildman–Crippen MR) is 49.6 cm³/mol. The molecule has 0 aromatic rings. The van der Waals surface area contributed by atoms with Crippen LogP contribution in [0.1, 0.15) is 25.7 Å². The SMILES string of the molecule is Br[Si](Br)(C1CC1)C1CC1. The normalized spacial score (nSPS) is 28.7. The second-order valence-electron chi connectivity index (χ2n) is 3.22. The van der Waals surface area contributed by atoms with Gasteiger partial charge in [-0.3, -0.25) is 0 Å². The average Bonchev–Trinajstić information content (AvgIpc) is 2.62. The molecular formula is C6H10Br2Si. The number of rotatable bonds is 2. The van der Waals surface area contributed by atoms with Gasteiger partial charge in [0.05, 0.1) is 0 Å². The number of hydrogen-bond donors (Lipinski definition) is 0. The van der Waals surface area contributed by atoms with Gasteiger partial charge in [-0.15, -0.1) is 30.6 Å². The molecule has 2 aliphatic rings. The molecule has 0 aliphatic heterocycles. The molecule has 0 heterocycles. The van der Waals surface area contributed by atoms with Crippen LogP contribution in [0.15, 0.2) is 0 Å². The van der Waals surface area contributed by atoms with Gasteiger partial charge in [-0.1, -0.05) is 25.7 Å². The highest BCUT2D eigenvalue weighted by Gasteiger charge is 2.53. The Balaban J connectivity index is 2.01. The summed E-state index contributed by atoms with van der Waals surface area (Å²) in [5.41, 5.74) is 2.15. The highest BCUT2D eigenvalue weighted by molar-refractivity contribution is 9.51. The van der Waals surface area contributed by atoms with Crippen LogP contribution in [-0.4, -0.2) is 5.31 Å². The summed E-state index contributed by atoms with van der Waals surface area (Å²) < 4.78 is 0. The second kappa shape index (κ2) is 2.08. The molecule has 52 valence electrons. The van der Waals surface area contributed by atoms with Gasteiger partial charge in [-0.25, -0.2) is 0 Å². The minimum atomic E-state index is -1.01. The van der Waals surface area contributed by atoms with E-state index in [0.717, 1.165) is 11.1 Å². The molecule has 0 bridgehead atoms. The largest absolute Gasteiger partial charge is 0.207 e. The molecule has 0 spiro atoms. The average molecular weight is 270 g/mol. The molecule has 0 aromatic carbocycles. The monoisotopic (exact) mass is 268 g/mol. The van der Waals surface area contributed by atoms with Crippen molar-refractivity contribution in [1.29, 1.82) is 0 Å². The lowest BCUT2D eigenvalue weighted by Gasteiger charge is -2.14. The van der Waals surface area contributed by atoms with E-state index in [2.05, 4.69) is 30.6 Å². The molecule has 0 radical (unpaired) electrons. The quantitative estimate of drug-likeness (QED) is 0.531. The maximum Gasteiger partial charge on any atom is 0.207 e. The molecule has 0 N–H and O–H groups in total. The van der Waals surface area contributed by atoms with Crippen molar-refractivity contribution >= 4 is 35.9 Å². The minimum Gasteiger partial charge on any atom is -0.110 e. The molecule has 0 amide bonds. The molecule has 3 heteroatoms. The van der Waals surface area contributed by atoms with E-state index >= 15 is 0 Å². The Morgan fingerprint density at radius 1 is 0.889 bits per heavy atom. The van der Waals surface area contributed by atoms with Crippen LogP contribution in [-0.2, 0) is 0 Å². The van der Waals surface area contributed by atoms with Crippen molar-refractivity contribution in [3.63, 3.8) is 0 Å². The number of halogens is 2. The smallest absolute Gasteiger partial charge is 0.110 e. The van der Waals surface area contributed by atoms with Gasteiger partial charge < -0.3 is 0 Å². The van der Waals surface area contributed by atoms with E-state index in [1.165, 1.54) is 25.7 Å². The summed E-state index contributed by atoms with van der Waals surface area (Å²) in [5, 5.41) is -1.01. The van der Waals surface area contributed by atoms with Gasteiger partial charge in [-0.2, -0.15) is 0 Å². The van der Waals surface area contributed by atoms with Crippen LogP contribution >= 0.6 is 30.6 Å². The molecule has 0 unspecified atom stereocenters. The molecular weight excluding hydrogens is 260 g/mol. The van der Waals surface area contributed by atoms with E-state index in [1.807, 2.05) is 0 Å². The topological polar surface area (TPSA) is 0 Å². The Bertz CT molecular complexity index is 113. The van der Waals surface area contributed by atoms with E-state index in [4.69, 9.17) is 0 Å². The summed E-state index contributed by atoms with van der Waals surface area (Å²) in [6.45, 7) is 0. The van der Waals surface area contributed by atoms with Crippen LogP contribution in [0, 0.1) is 0 Å². The fourth-order valence-corrected chi connectivity index (χ4v) is 9.30. The van der Waals surface area contributed by atoms with Crippen molar-refractivity contribution in [2.45, 2.75) is 36.8 Å². The van der Waals surface area contributed by atoms with Gasteiger partial charge >= 0.3 is 0 Å². The van der Waals surface area contributed by atoms with Crippen LogP contribution in [0.4, 0.5) is 0 Å². The first-order valence-electron chi connectivity index (χ1n) is 3.59. The third kappa shape index (κ3) is 1.29. The fraction of sp³-hybridized carbons (Fsp3) is 1.00. The summed E-state index contributed by atoms with van der Waals surface area (Å²) in [5.74, 6) is 0. The summed E-state index contributed by atoms with van der Waals surface area (Å²) in [7, 11) is 0. The molecule has 2 fully saturated rings. The van der Waals surface area contributed by atoms with Crippen molar-refractivity contribution in [3.8, 4) is 0 Å². The fourth-order valence-electron chi connectivity index (χ4n) is 1.27. The molecule has 2 rings (SSSR count). The Kier molecular flexibility index (Phi) is 1.59. The van der Waals surface area contributed by atoms with Crippen molar-refractivity contribution in [1.82, 2.24) is 0 Å². The lowest BCUT2D eigenvalue weighted by Crippen LogP contribution is -2.17. The summed E-state index contributed by atoms with van der Waals surface area (Å²) in [6, 6.07) is 0. The van der Waals surface area contributed by atoms with Gasteiger partial charge in [0.1, 0.15) is 0 Å². The van der Waals surface area contributed by atoms with Gasteiger partial charge in [0, 0.05) is 0 Å². The van der Waals surface area contributed by atoms with Gasteiger partial charge in [-0.05, 0) is 11.1 Å². The molecule has 9 heavy (non-hydrogen) atoms. The lowest BCUT2D eigenvalue weighted by molar-refractivity contribution is 1.31.